The van der Waals surface area contributed by atoms with Gasteiger partial charge < -0.3 is 15.0 Å². The monoisotopic (exact) mass is 444 g/mol. The van der Waals surface area contributed by atoms with Gasteiger partial charge in [-0.25, -0.2) is 4.98 Å². The summed E-state index contributed by atoms with van der Waals surface area (Å²) in [6.45, 7) is 0. The van der Waals surface area contributed by atoms with Gasteiger partial charge in [-0.2, -0.15) is 5.10 Å². The van der Waals surface area contributed by atoms with E-state index in [0.717, 1.165) is 59.2 Å². The van der Waals surface area contributed by atoms with Crippen molar-refractivity contribution in [1.29, 1.82) is 0 Å². The Labute approximate surface area is 192 Å². The van der Waals surface area contributed by atoms with Crippen LogP contribution in [0.25, 0.3) is 22.4 Å². The highest BCUT2D eigenvalue weighted by molar-refractivity contribution is 5.95. The number of hydrogen-bond acceptors (Lipinski definition) is 5. The van der Waals surface area contributed by atoms with Crippen LogP contribution in [0.5, 0.6) is 0 Å². The minimum Gasteiger partial charge on any atom is -0.391 e. The van der Waals surface area contributed by atoms with Gasteiger partial charge in [0.05, 0.1) is 28.9 Å². The Morgan fingerprint density at radius 3 is 2.70 bits per heavy atom. The quantitative estimate of drug-likeness (QED) is 0.493. The van der Waals surface area contributed by atoms with Crippen molar-refractivity contribution in [2.45, 2.75) is 44.2 Å². The second-order valence-electron chi connectivity index (χ2n) is 8.86. The van der Waals surface area contributed by atoms with Crippen LogP contribution in [0.1, 0.15) is 47.3 Å². The molecule has 1 aliphatic carbocycles. The molecule has 0 saturated heterocycles. The molecule has 1 saturated carbocycles. The van der Waals surface area contributed by atoms with E-state index in [0.29, 0.717) is 12.1 Å². The number of amides is 1. The first kappa shape index (κ1) is 21.3. The summed E-state index contributed by atoms with van der Waals surface area (Å²) in [5, 5.41) is 17.6. The van der Waals surface area contributed by atoms with E-state index in [9.17, 15) is 9.90 Å². The van der Waals surface area contributed by atoms with Gasteiger partial charge in [0.25, 0.3) is 5.91 Å². The Balaban J connectivity index is 1.42. The van der Waals surface area contributed by atoms with Crippen molar-refractivity contribution in [3.63, 3.8) is 0 Å². The highest BCUT2D eigenvalue weighted by Gasteiger charge is 2.26. The van der Waals surface area contributed by atoms with Gasteiger partial charge in [-0.3, -0.25) is 14.5 Å². The van der Waals surface area contributed by atoms with Gasteiger partial charge in [-0.05, 0) is 48.2 Å². The van der Waals surface area contributed by atoms with Crippen LogP contribution in [0.2, 0.25) is 0 Å². The topological polar surface area (TPSA) is 97.9 Å². The number of hydrogen-bond donors (Lipinski definition) is 2. The molecule has 2 N–H and O–H groups in total. The molecule has 0 aliphatic heterocycles. The minimum atomic E-state index is -0.494. The average Bonchev–Trinajstić information content (AvgIpc) is 3.41. The number of rotatable bonds is 5. The van der Waals surface area contributed by atoms with Gasteiger partial charge in [0.15, 0.2) is 0 Å². The van der Waals surface area contributed by atoms with Crippen LogP contribution in [0.4, 0.5) is 0 Å². The van der Waals surface area contributed by atoms with E-state index in [2.05, 4.69) is 20.4 Å². The van der Waals surface area contributed by atoms with Crippen LogP contribution < -0.4 is 5.32 Å². The zero-order chi connectivity index (χ0) is 22.9. The van der Waals surface area contributed by atoms with E-state index in [1.165, 1.54) is 0 Å². The van der Waals surface area contributed by atoms with Crippen molar-refractivity contribution < 1.29 is 9.90 Å². The normalized spacial score (nSPS) is 18.5. The first-order valence-corrected chi connectivity index (χ1v) is 11.4. The van der Waals surface area contributed by atoms with Gasteiger partial charge in [0.2, 0.25) is 0 Å². The molecule has 33 heavy (non-hydrogen) atoms. The van der Waals surface area contributed by atoms with E-state index in [4.69, 9.17) is 0 Å². The zero-order valence-corrected chi connectivity index (χ0v) is 18.9. The molecule has 2 atom stereocenters. The fraction of sp³-hybridized carbons (Fsp3) is 0.360. The molecule has 0 aromatic carbocycles. The number of aliphatic hydroxyl groups excluding tert-OH is 1. The molecule has 4 aromatic heterocycles. The molecule has 4 heterocycles. The molecule has 0 radical (unpaired) electrons. The van der Waals surface area contributed by atoms with E-state index >= 15 is 0 Å². The number of nitrogens with one attached hydrogen (secondary N) is 1. The third-order valence-corrected chi connectivity index (χ3v) is 6.38. The van der Waals surface area contributed by atoms with Crippen LogP contribution in [0, 0.1) is 0 Å². The third kappa shape index (κ3) is 4.39. The molecule has 1 amide bonds. The lowest BCUT2D eigenvalue weighted by molar-refractivity contribution is 0.0714. The molecule has 170 valence electrons. The van der Waals surface area contributed by atoms with Crippen molar-refractivity contribution in [3.8, 4) is 11.4 Å². The molecule has 5 rings (SSSR count). The van der Waals surface area contributed by atoms with Crippen molar-refractivity contribution >= 4 is 16.9 Å². The van der Waals surface area contributed by atoms with Crippen LogP contribution in [0.15, 0.2) is 48.9 Å². The standard InChI is InChI=1S/C25H28N6O2/c1-30-11-9-21-24(30)17(13-16-7-8-18(26-15-16)19-10-12-31(2)29-19)14-22(27-21)25(33)28-20-5-3-4-6-23(20)32/h7-12,14-15,20,23,32H,3-6,13H2,1-2H3,(H,28,33)/t20-,23-/m0/s1. The maximum absolute atomic E-state index is 13.0. The lowest BCUT2D eigenvalue weighted by Gasteiger charge is -2.28. The summed E-state index contributed by atoms with van der Waals surface area (Å²) < 4.78 is 3.78. The SMILES string of the molecule is Cn1ccc(-c2ccc(Cc3cc(C(=O)N[C@H]4CCCC[C@@H]4O)nc4ccn(C)c34)cn2)n1. The number of aliphatic hydroxyl groups is 1. The maximum atomic E-state index is 13.0. The summed E-state index contributed by atoms with van der Waals surface area (Å²) in [7, 11) is 3.86. The van der Waals surface area contributed by atoms with Gasteiger partial charge >= 0.3 is 0 Å². The smallest absolute Gasteiger partial charge is 0.270 e. The highest BCUT2D eigenvalue weighted by atomic mass is 16.3. The predicted molar refractivity (Wildman–Crippen MR) is 126 cm³/mol. The predicted octanol–water partition coefficient (Wildman–Crippen LogP) is 2.99. The van der Waals surface area contributed by atoms with Gasteiger partial charge in [0.1, 0.15) is 11.4 Å². The molecular formula is C25H28N6O2. The zero-order valence-electron chi connectivity index (χ0n) is 18.9. The van der Waals surface area contributed by atoms with Crippen LogP contribution >= 0.6 is 0 Å². The lowest BCUT2D eigenvalue weighted by atomic mass is 9.92. The van der Waals surface area contributed by atoms with Crippen LogP contribution in [-0.4, -0.2) is 47.5 Å². The van der Waals surface area contributed by atoms with E-state index in [1.54, 1.807) is 4.68 Å². The Morgan fingerprint density at radius 1 is 1.12 bits per heavy atom. The van der Waals surface area contributed by atoms with Crippen molar-refractivity contribution in [2.75, 3.05) is 0 Å². The molecule has 4 aromatic rings. The molecular weight excluding hydrogens is 416 g/mol. The average molecular weight is 445 g/mol. The summed E-state index contributed by atoms with van der Waals surface area (Å²) in [6, 6.07) is 9.52. The molecule has 0 bridgehead atoms. The number of carbonyl (C=O) groups excluding carboxylic acids is 1. The summed E-state index contributed by atoms with van der Waals surface area (Å²) in [6.07, 6.45) is 9.37. The summed E-state index contributed by atoms with van der Waals surface area (Å²) in [5.74, 6) is -0.239. The van der Waals surface area contributed by atoms with Gasteiger partial charge in [-0.1, -0.05) is 18.9 Å². The molecule has 8 nitrogen and oxygen atoms in total. The molecule has 0 unspecified atom stereocenters. The Bertz CT molecular complexity index is 1290. The van der Waals surface area contributed by atoms with Gasteiger partial charge in [0, 0.05) is 39.1 Å². The highest BCUT2D eigenvalue weighted by Crippen LogP contribution is 2.24. The van der Waals surface area contributed by atoms with Crippen LogP contribution in [-0.2, 0) is 20.5 Å². The first-order valence-electron chi connectivity index (χ1n) is 11.4. The Hall–Kier alpha value is -3.52. The first-order chi connectivity index (χ1) is 16.0. The van der Waals surface area contributed by atoms with Crippen molar-refractivity contribution in [3.05, 3.63) is 65.7 Å². The largest absolute Gasteiger partial charge is 0.391 e. The third-order valence-electron chi connectivity index (χ3n) is 6.38. The summed E-state index contributed by atoms with van der Waals surface area (Å²) >= 11 is 0. The van der Waals surface area contributed by atoms with Crippen LogP contribution in [0.3, 0.4) is 0 Å². The van der Waals surface area contributed by atoms with Gasteiger partial charge in [-0.15, -0.1) is 0 Å². The number of carbonyl (C=O) groups is 1. The molecule has 1 aliphatic rings. The van der Waals surface area contributed by atoms with E-state index in [-0.39, 0.29) is 11.9 Å². The maximum Gasteiger partial charge on any atom is 0.270 e. The summed E-state index contributed by atoms with van der Waals surface area (Å²) in [4.78, 5) is 22.2. The number of fused-ring (bicyclic) bond motifs is 1. The minimum absolute atomic E-state index is 0.216. The van der Waals surface area contributed by atoms with E-state index < -0.39 is 6.10 Å². The second kappa shape index (κ2) is 8.78. The Morgan fingerprint density at radius 2 is 1.97 bits per heavy atom. The number of nitrogens with zero attached hydrogens (tertiary/aromatic N) is 5. The molecule has 8 heteroatoms. The lowest BCUT2D eigenvalue weighted by Crippen LogP contribution is -2.45. The van der Waals surface area contributed by atoms with Crippen molar-refractivity contribution in [1.82, 2.24) is 29.6 Å². The fourth-order valence-corrected chi connectivity index (χ4v) is 4.62. The van der Waals surface area contributed by atoms with Crippen molar-refractivity contribution in [2.24, 2.45) is 14.1 Å². The molecule has 0 spiro atoms. The number of pyridine rings is 2. The molecule has 1 fully saturated rings. The Kier molecular flexibility index (Phi) is 5.68. The summed E-state index contributed by atoms with van der Waals surface area (Å²) in [5.41, 5.74) is 5.86. The van der Waals surface area contributed by atoms with E-state index in [1.807, 2.05) is 67.6 Å². The second-order valence-corrected chi connectivity index (χ2v) is 8.86. The number of aryl methyl sites for hydroxylation is 2. The number of aromatic nitrogens is 5. The fourth-order valence-electron chi connectivity index (χ4n) is 4.62.